The van der Waals surface area contributed by atoms with Crippen LogP contribution in [0, 0.1) is 5.92 Å². The first-order valence-electron chi connectivity index (χ1n) is 6.80. The molecule has 0 saturated carbocycles. The van der Waals surface area contributed by atoms with Gasteiger partial charge in [0.1, 0.15) is 0 Å². The summed E-state index contributed by atoms with van der Waals surface area (Å²) in [6, 6.07) is 7.03. The molecule has 2 unspecified atom stereocenters. The van der Waals surface area contributed by atoms with Crippen molar-refractivity contribution < 1.29 is 18.3 Å². The van der Waals surface area contributed by atoms with E-state index in [1.165, 1.54) is 10.4 Å². The van der Waals surface area contributed by atoms with E-state index in [9.17, 15) is 13.2 Å². The van der Waals surface area contributed by atoms with Crippen molar-refractivity contribution in [2.75, 3.05) is 12.3 Å². The van der Waals surface area contributed by atoms with E-state index in [0.717, 1.165) is 17.2 Å². The van der Waals surface area contributed by atoms with Gasteiger partial charge >= 0.3 is 5.97 Å². The number of hydrogen-bond donors (Lipinski definition) is 1. The fraction of sp³-hybridized carbons (Fsp3) is 0.400. The monoisotopic (exact) mass is 309 g/mol. The van der Waals surface area contributed by atoms with Crippen LogP contribution in [0.2, 0.25) is 0 Å². The Labute approximate surface area is 124 Å². The lowest BCUT2D eigenvalue weighted by atomic mass is 10.0. The molecule has 1 aliphatic rings. The van der Waals surface area contributed by atoms with Gasteiger partial charge < -0.3 is 5.11 Å². The van der Waals surface area contributed by atoms with E-state index in [-0.39, 0.29) is 17.7 Å². The Morgan fingerprint density at radius 2 is 2.19 bits per heavy atom. The van der Waals surface area contributed by atoms with E-state index in [2.05, 4.69) is 0 Å². The summed E-state index contributed by atoms with van der Waals surface area (Å²) in [5.41, 5.74) is 1.60. The zero-order chi connectivity index (χ0) is 15.6. The number of rotatable bonds is 4. The molecular formula is C15H19NO4S. The van der Waals surface area contributed by atoms with Gasteiger partial charge in [-0.2, -0.15) is 4.31 Å². The second kappa shape index (κ2) is 5.99. The van der Waals surface area contributed by atoms with Crippen LogP contribution in [0.3, 0.4) is 0 Å². The maximum absolute atomic E-state index is 12.1. The molecule has 1 aromatic rings. The quantitative estimate of drug-likeness (QED) is 0.865. The van der Waals surface area contributed by atoms with Crippen LogP contribution in [0.5, 0.6) is 0 Å². The van der Waals surface area contributed by atoms with Crippen LogP contribution >= 0.6 is 0 Å². The van der Waals surface area contributed by atoms with Crippen molar-refractivity contribution in [1.82, 2.24) is 4.31 Å². The van der Waals surface area contributed by atoms with Crippen molar-refractivity contribution in [2.45, 2.75) is 19.9 Å². The van der Waals surface area contributed by atoms with Crippen LogP contribution in [-0.4, -0.2) is 36.1 Å². The molecule has 114 valence electrons. The van der Waals surface area contributed by atoms with Crippen molar-refractivity contribution in [3.8, 4) is 0 Å². The standard InChI is InChI=1S/C15H19NO4S/c1-11-9-16(21(19,20)10-11)12(2)14-5-3-4-13(8-14)6-7-15(17)18/h3-8,11-12H,9-10H2,1-2H3,(H,17,18). The Morgan fingerprint density at radius 3 is 2.76 bits per heavy atom. The molecule has 1 aliphatic heterocycles. The molecule has 1 fully saturated rings. The summed E-state index contributed by atoms with van der Waals surface area (Å²) in [4.78, 5) is 10.5. The second-order valence-electron chi connectivity index (χ2n) is 5.47. The SMILES string of the molecule is CC1CN(C(C)c2cccc(C=CC(=O)O)c2)S(=O)(=O)C1. The highest BCUT2D eigenvalue weighted by molar-refractivity contribution is 7.89. The zero-order valence-electron chi connectivity index (χ0n) is 12.1. The van der Waals surface area contributed by atoms with Gasteiger partial charge in [-0.25, -0.2) is 13.2 Å². The smallest absolute Gasteiger partial charge is 0.328 e. The number of carbonyl (C=O) groups is 1. The summed E-state index contributed by atoms with van der Waals surface area (Å²) in [6.07, 6.45) is 2.57. The molecule has 5 nitrogen and oxygen atoms in total. The molecule has 0 bridgehead atoms. The van der Waals surface area contributed by atoms with Crippen molar-refractivity contribution in [3.63, 3.8) is 0 Å². The van der Waals surface area contributed by atoms with Crippen LogP contribution in [0.1, 0.15) is 31.0 Å². The third-order valence-corrected chi connectivity index (χ3v) is 5.76. The van der Waals surface area contributed by atoms with Crippen LogP contribution < -0.4 is 0 Å². The number of aliphatic carboxylic acids is 1. The first-order chi connectivity index (χ1) is 9.79. The van der Waals surface area contributed by atoms with E-state index in [4.69, 9.17) is 5.11 Å². The molecule has 2 rings (SSSR count). The van der Waals surface area contributed by atoms with Gasteiger partial charge in [0, 0.05) is 18.7 Å². The summed E-state index contributed by atoms with van der Waals surface area (Å²) in [5, 5.41) is 8.65. The van der Waals surface area contributed by atoms with Crippen LogP contribution in [0.25, 0.3) is 6.08 Å². The maximum Gasteiger partial charge on any atom is 0.328 e. The lowest BCUT2D eigenvalue weighted by molar-refractivity contribution is -0.131. The van der Waals surface area contributed by atoms with Gasteiger partial charge in [0.15, 0.2) is 0 Å². The minimum atomic E-state index is -3.20. The van der Waals surface area contributed by atoms with Crippen molar-refractivity contribution in [3.05, 3.63) is 41.5 Å². The Balaban J connectivity index is 2.26. The Kier molecular flexibility index (Phi) is 4.49. The molecule has 1 aromatic carbocycles. The second-order valence-corrected chi connectivity index (χ2v) is 7.44. The molecule has 0 aliphatic carbocycles. The third kappa shape index (κ3) is 3.71. The summed E-state index contributed by atoms with van der Waals surface area (Å²) < 4.78 is 25.8. The van der Waals surface area contributed by atoms with Crippen molar-refractivity contribution in [1.29, 1.82) is 0 Å². The highest BCUT2D eigenvalue weighted by atomic mass is 32.2. The lowest BCUT2D eigenvalue weighted by Gasteiger charge is -2.23. The molecule has 0 spiro atoms. The zero-order valence-corrected chi connectivity index (χ0v) is 12.9. The predicted molar refractivity (Wildman–Crippen MR) is 81.2 cm³/mol. The average molecular weight is 309 g/mol. The van der Waals surface area contributed by atoms with Crippen LogP contribution in [-0.2, 0) is 14.8 Å². The van der Waals surface area contributed by atoms with Gasteiger partial charge in [0.25, 0.3) is 0 Å². The predicted octanol–water partition coefficient (Wildman–Crippen LogP) is 2.13. The summed E-state index contributed by atoms with van der Waals surface area (Å²) in [6.45, 7) is 4.31. The lowest BCUT2D eigenvalue weighted by Crippen LogP contribution is -2.29. The number of sulfonamides is 1. The molecule has 2 atom stereocenters. The maximum atomic E-state index is 12.1. The fourth-order valence-electron chi connectivity index (χ4n) is 2.58. The van der Waals surface area contributed by atoms with E-state index in [0.29, 0.717) is 6.54 Å². The molecule has 21 heavy (non-hydrogen) atoms. The van der Waals surface area contributed by atoms with E-state index in [1.54, 1.807) is 12.1 Å². The molecule has 6 heteroatoms. The highest BCUT2D eigenvalue weighted by Crippen LogP contribution is 2.30. The Morgan fingerprint density at radius 1 is 1.48 bits per heavy atom. The van der Waals surface area contributed by atoms with Crippen LogP contribution in [0.4, 0.5) is 0 Å². The minimum absolute atomic E-state index is 0.132. The number of carboxylic acids is 1. The van der Waals surface area contributed by atoms with E-state index in [1.807, 2.05) is 26.0 Å². The van der Waals surface area contributed by atoms with Gasteiger partial charge in [-0.3, -0.25) is 0 Å². The number of hydrogen-bond acceptors (Lipinski definition) is 3. The van der Waals surface area contributed by atoms with Gasteiger partial charge in [-0.1, -0.05) is 31.2 Å². The topological polar surface area (TPSA) is 74.7 Å². The molecule has 1 N–H and O–H groups in total. The summed E-state index contributed by atoms with van der Waals surface area (Å²) >= 11 is 0. The molecule has 1 heterocycles. The van der Waals surface area contributed by atoms with Crippen molar-refractivity contribution in [2.24, 2.45) is 5.92 Å². The van der Waals surface area contributed by atoms with Crippen molar-refractivity contribution >= 4 is 22.1 Å². The van der Waals surface area contributed by atoms with Gasteiger partial charge in [-0.15, -0.1) is 0 Å². The van der Waals surface area contributed by atoms with Gasteiger partial charge in [0.05, 0.1) is 5.75 Å². The van der Waals surface area contributed by atoms with Crippen LogP contribution in [0.15, 0.2) is 30.3 Å². The minimum Gasteiger partial charge on any atom is -0.478 e. The highest BCUT2D eigenvalue weighted by Gasteiger charge is 2.37. The number of carboxylic acid groups (broad SMARTS) is 1. The Hall–Kier alpha value is -1.66. The molecular weight excluding hydrogens is 290 g/mol. The Bertz CT molecular complexity index is 666. The van der Waals surface area contributed by atoms with E-state index < -0.39 is 16.0 Å². The first kappa shape index (κ1) is 15.7. The first-order valence-corrected chi connectivity index (χ1v) is 8.41. The van der Waals surface area contributed by atoms with Gasteiger partial charge in [-0.05, 0) is 30.0 Å². The molecule has 1 saturated heterocycles. The molecule has 0 aromatic heterocycles. The molecule has 0 amide bonds. The average Bonchev–Trinajstić information content (AvgIpc) is 2.69. The fourth-order valence-corrected chi connectivity index (χ4v) is 4.69. The number of benzene rings is 1. The van der Waals surface area contributed by atoms with E-state index >= 15 is 0 Å². The number of nitrogens with zero attached hydrogens (tertiary/aromatic N) is 1. The van der Waals surface area contributed by atoms with Gasteiger partial charge in [0.2, 0.25) is 10.0 Å². The molecule has 0 radical (unpaired) electrons. The normalized spacial score (nSPS) is 23.4. The summed E-state index contributed by atoms with van der Waals surface area (Å²) in [7, 11) is -3.20. The largest absolute Gasteiger partial charge is 0.478 e. The summed E-state index contributed by atoms with van der Waals surface area (Å²) in [5.74, 6) is -0.687. The third-order valence-electron chi connectivity index (χ3n) is 3.59.